The highest BCUT2D eigenvalue weighted by atomic mass is 16.3. The van der Waals surface area contributed by atoms with Gasteiger partial charge in [-0.1, -0.05) is 36.8 Å². The van der Waals surface area contributed by atoms with Crippen molar-refractivity contribution in [3.05, 3.63) is 35.4 Å². The quantitative estimate of drug-likeness (QED) is 0.818. The van der Waals surface area contributed by atoms with Crippen LogP contribution in [-0.2, 0) is 11.2 Å². The molecule has 0 heterocycles. The van der Waals surface area contributed by atoms with Crippen LogP contribution in [0.4, 0.5) is 0 Å². The number of carbonyl (C=O) groups excluding carboxylic acids is 1. The van der Waals surface area contributed by atoms with Gasteiger partial charge in [-0.2, -0.15) is 0 Å². The zero-order valence-corrected chi connectivity index (χ0v) is 10.8. The molecule has 0 fully saturated rings. The molecule has 1 amide bonds. The molecule has 2 N–H and O–H groups in total. The van der Waals surface area contributed by atoms with Crippen molar-refractivity contribution in [2.24, 2.45) is 0 Å². The Balaban J connectivity index is 2.42. The van der Waals surface area contributed by atoms with Gasteiger partial charge < -0.3 is 10.4 Å². The maximum atomic E-state index is 11.6. The lowest BCUT2D eigenvalue weighted by Gasteiger charge is -2.21. The molecule has 0 aromatic heterocycles. The SMILES string of the molecule is CCC(C)(O)CNC(=O)Cc1ccc(C)cc1. The summed E-state index contributed by atoms with van der Waals surface area (Å²) in [5, 5.41) is 12.5. The maximum Gasteiger partial charge on any atom is 0.224 e. The second-order valence-corrected chi connectivity index (χ2v) is 4.79. The summed E-state index contributed by atoms with van der Waals surface area (Å²) in [6.07, 6.45) is 0.984. The average molecular weight is 235 g/mol. The Bertz CT molecular complexity index is 368. The lowest BCUT2D eigenvalue weighted by atomic mass is 10.0. The van der Waals surface area contributed by atoms with Gasteiger partial charge in [0.25, 0.3) is 0 Å². The summed E-state index contributed by atoms with van der Waals surface area (Å²) in [6.45, 7) is 5.93. The lowest BCUT2D eigenvalue weighted by molar-refractivity contribution is -0.121. The molecular formula is C14H21NO2. The third-order valence-electron chi connectivity index (χ3n) is 2.91. The zero-order chi connectivity index (χ0) is 12.9. The molecule has 0 radical (unpaired) electrons. The highest BCUT2D eigenvalue weighted by Gasteiger charge is 2.18. The van der Waals surface area contributed by atoms with Gasteiger partial charge in [0.15, 0.2) is 0 Å². The molecule has 17 heavy (non-hydrogen) atoms. The highest BCUT2D eigenvalue weighted by Crippen LogP contribution is 2.07. The Morgan fingerprint density at radius 1 is 1.35 bits per heavy atom. The van der Waals surface area contributed by atoms with Crippen molar-refractivity contribution in [1.29, 1.82) is 0 Å². The van der Waals surface area contributed by atoms with Crippen molar-refractivity contribution in [2.75, 3.05) is 6.54 Å². The minimum atomic E-state index is -0.817. The molecule has 0 aliphatic carbocycles. The van der Waals surface area contributed by atoms with Gasteiger partial charge in [-0.25, -0.2) is 0 Å². The monoisotopic (exact) mass is 235 g/mol. The molecule has 0 aliphatic rings. The lowest BCUT2D eigenvalue weighted by Crippen LogP contribution is -2.40. The second kappa shape index (κ2) is 5.82. The third-order valence-corrected chi connectivity index (χ3v) is 2.91. The normalized spacial score (nSPS) is 14.1. The van der Waals surface area contributed by atoms with Gasteiger partial charge >= 0.3 is 0 Å². The van der Waals surface area contributed by atoms with Crippen molar-refractivity contribution in [2.45, 2.75) is 39.2 Å². The summed E-state index contributed by atoms with van der Waals surface area (Å²) in [6, 6.07) is 7.88. The molecule has 0 spiro atoms. The Labute approximate surface area is 103 Å². The van der Waals surface area contributed by atoms with E-state index in [-0.39, 0.29) is 5.91 Å². The first kappa shape index (κ1) is 13.7. The van der Waals surface area contributed by atoms with Gasteiger partial charge in [-0.15, -0.1) is 0 Å². The topological polar surface area (TPSA) is 49.3 Å². The van der Waals surface area contributed by atoms with Crippen LogP contribution in [0, 0.1) is 6.92 Å². The molecule has 1 atom stereocenters. The molecule has 1 aromatic rings. The predicted octanol–water partition coefficient (Wildman–Crippen LogP) is 1.81. The van der Waals surface area contributed by atoms with Crippen molar-refractivity contribution in [3.63, 3.8) is 0 Å². The van der Waals surface area contributed by atoms with Gasteiger partial charge in [0.1, 0.15) is 0 Å². The number of hydrogen-bond acceptors (Lipinski definition) is 2. The van der Waals surface area contributed by atoms with Crippen LogP contribution in [0.25, 0.3) is 0 Å². The molecule has 0 saturated heterocycles. The largest absolute Gasteiger partial charge is 0.388 e. The number of hydrogen-bond donors (Lipinski definition) is 2. The summed E-state index contributed by atoms with van der Waals surface area (Å²) < 4.78 is 0. The first-order valence-electron chi connectivity index (χ1n) is 5.97. The van der Waals surface area contributed by atoms with Crippen LogP contribution < -0.4 is 5.32 Å². The van der Waals surface area contributed by atoms with E-state index in [2.05, 4.69) is 5.32 Å². The summed E-state index contributed by atoms with van der Waals surface area (Å²) in [5.74, 6) is -0.0532. The van der Waals surface area contributed by atoms with Gasteiger partial charge in [-0.05, 0) is 25.8 Å². The van der Waals surface area contributed by atoms with Crippen molar-refractivity contribution in [3.8, 4) is 0 Å². The van der Waals surface area contributed by atoms with Gasteiger partial charge in [0, 0.05) is 6.54 Å². The molecule has 0 bridgehead atoms. The zero-order valence-electron chi connectivity index (χ0n) is 10.8. The highest BCUT2D eigenvalue weighted by molar-refractivity contribution is 5.78. The van der Waals surface area contributed by atoms with Crippen LogP contribution in [-0.4, -0.2) is 23.2 Å². The molecule has 0 aliphatic heterocycles. The fourth-order valence-electron chi connectivity index (χ4n) is 1.37. The van der Waals surface area contributed by atoms with Crippen LogP contribution in [0.15, 0.2) is 24.3 Å². The number of aliphatic hydroxyl groups is 1. The van der Waals surface area contributed by atoms with Crippen LogP contribution >= 0.6 is 0 Å². The molecule has 94 valence electrons. The fourth-order valence-corrected chi connectivity index (χ4v) is 1.37. The average Bonchev–Trinajstić information content (AvgIpc) is 2.30. The van der Waals surface area contributed by atoms with E-state index in [0.717, 1.165) is 5.56 Å². The number of aryl methyl sites for hydroxylation is 1. The molecule has 3 heteroatoms. The Hall–Kier alpha value is -1.35. The van der Waals surface area contributed by atoms with Crippen LogP contribution in [0.2, 0.25) is 0 Å². The Kier molecular flexibility index (Phi) is 4.70. The standard InChI is InChI=1S/C14H21NO2/c1-4-14(3,17)10-15-13(16)9-12-7-5-11(2)6-8-12/h5-8,17H,4,9-10H2,1-3H3,(H,15,16). The number of rotatable bonds is 5. The van der Waals surface area contributed by atoms with E-state index in [4.69, 9.17) is 0 Å². The van der Waals surface area contributed by atoms with E-state index in [1.165, 1.54) is 5.56 Å². The van der Waals surface area contributed by atoms with E-state index < -0.39 is 5.60 Å². The number of carbonyl (C=O) groups is 1. The first-order valence-corrected chi connectivity index (χ1v) is 5.97. The van der Waals surface area contributed by atoms with Crippen molar-refractivity contribution in [1.82, 2.24) is 5.32 Å². The maximum absolute atomic E-state index is 11.6. The summed E-state index contributed by atoms with van der Waals surface area (Å²) >= 11 is 0. The summed E-state index contributed by atoms with van der Waals surface area (Å²) in [5.41, 5.74) is 1.36. The van der Waals surface area contributed by atoms with Crippen molar-refractivity contribution < 1.29 is 9.90 Å². The number of nitrogens with one attached hydrogen (secondary N) is 1. The van der Waals surface area contributed by atoms with Gasteiger partial charge in [0.2, 0.25) is 5.91 Å². The fraction of sp³-hybridized carbons (Fsp3) is 0.500. The summed E-state index contributed by atoms with van der Waals surface area (Å²) in [4.78, 5) is 11.6. The molecule has 1 unspecified atom stereocenters. The van der Waals surface area contributed by atoms with E-state index >= 15 is 0 Å². The van der Waals surface area contributed by atoms with E-state index in [0.29, 0.717) is 19.4 Å². The number of benzene rings is 1. The predicted molar refractivity (Wildman–Crippen MR) is 68.8 cm³/mol. The van der Waals surface area contributed by atoms with Crippen molar-refractivity contribution >= 4 is 5.91 Å². The van der Waals surface area contributed by atoms with E-state index in [9.17, 15) is 9.90 Å². The third kappa shape index (κ3) is 5.00. The minimum absolute atomic E-state index is 0.0532. The first-order chi connectivity index (χ1) is 7.93. The van der Waals surface area contributed by atoms with Crippen LogP contribution in [0.1, 0.15) is 31.4 Å². The van der Waals surface area contributed by atoms with Crippen LogP contribution in [0.3, 0.4) is 0 Å². The Morgan fingerprint density at radius 2 is 1.94 bits per heavy atom. The van der Waals surface area contributed by atoms with Crippen LogP contribution in [0.5, 0.6) is 0 Å². The molecule has 0 saturated carbocycles. The van der Waals surface area contributed by atoms with E-state index in [1.54, 1.807) is 6.92 Å². The second-order valence-electron chi connectivity index (χ2n) is 4.79. The molecule has 3 nitrogen and oxygen atoms in total. The number of amides is 1. The molecular weight excluding hydrogens is 214 g/mol. The Morgan fingerprint density at radius 3 is 2.47 bits per heavy atom. The summed E-state index contributed by atoms with van der Waals surface area (Å²) in [7, 11) is 0. The smallest absolute Gasteiger partial charge is 0.224 e. The molecule has 1 rings (SSSR count). The van der Waals surface area contributed by atoms with E-state index in [1.807, 2.05) is 38.1 Å². The molecule has 1 aromatic carbocycles. The van der Waals surface area contributed by atoms with Gasteiger partial charge in [-0.3, -0.25) is 4.79 Å². The minimum Gasteiger partial charge on any atom is -0.388 e. The van der Waals surface area contributed by atoms with Gasteiger partial charge in [0.05, 0.1) is 12.0 Å².